The molecule has 2 rings (SSSR count). The maximum atomic E-state index is 11.1. The first-order chi connectivity index (χ1) is 10.7. The molecule has 0 atom stereocenters. The Bertz CT molecular complexity index is 627. The van der Waals surface area contributed by atoms with Gasteiger partial charge in [0.1, 0.15) is 12.4 Å². The Hall–Kier alpha value is -2.55. The van der Waals surface area contributed by atoms with Crippen LogP contribution in [0.4, 0.5) is 0 Å². The van der Waals surface area contributed by atoms with Crippen molar-refractivity contribution in [2.75, 3.05) is 13.7 Å². The van der Waals surface area contributed by atoms with Crippen molar-refractivity contribution in [2.45, 2.75) is 13.3 Å². The molecular weight excluding hydrogens is 276 g/mol. The van der Waals surface area contributed by atoms with E-state index in [0.29, 0.717) is 6.61 Å². The van der Waals surface area contributed by atoms with E-state index in [-0.39, 0.29) is 5.97 Å². The van der Waals surface area contributed by atoms with E-state index in [1.165, 1.54) is 24.3 Å². The number of carbonyl (C=O) groups excluding carboxylic acids is 1. The standard InChI is InChI=1S/C19H20O3/c1-15(12-19(20)21-2)14-22-18-10-8-17(9-11-18)13-16-6-4-3-5-7-16/h3-12H,13-14H2,1-2H3/b15-12+. The van der Waals surface area contributed by atoms with Gasteiger partial charge in [0.2, 0.25) is 0 Å². The number of rotatable bonds is 6. The number of methoxy groups -OCH3 is 1. The second-order valence-corrected chi connectivity index (χ2v) is 5.11. The molecule has 0 spiro atoms. The molecule has 3 heteroatoms. The number of carbonyl (C=O) groups is 1. The van der Waals surface area contributed by atoms with Crippen molar-refractivity contribution in [3.05, 3.63) is 77.4 Å². The lowest BCUT2D eigenvalue weighted by atomic mass is 10.1. The van der Waals surface area contributed by atoms with Gasteiger partial charge >= 0.3 is 5.97 Å². The van der Waals surface area contributed by atoms with Crippen molar-refractivity contribution in [3.63, 3.8) is 0 Å². The van der Waals surface area contributed by atoms with Crippen LogP contribution in [0.25, 0.3) is 0 Å². The summed E-state index contributed by atoms with van der Waals surface area (Å²) in [6, 6.07) is 18.4. The summed E-state index contributed by atoms with van der Waals surface area (Å²) in [7, 11) is 1.36. The third-order valence-corrected chi connectivity index (χ3v) is 3.21. The van der Waals surface area contributed by atoms with Crippen LogP contribution in [0.2, 0.25) is 0 Å². The van der Waals surface area contributed by atoms with E-state index in [0.717, 1.165) is 17.7 Å². The summed E-state index contributed by atoms with van der Waals surface area (Å²) >= 11 is 0. The normalized spacial score (nSPS) is 11.1. The fourth-order valence-corrected chi connectivity index (χ4v) is 2.03. The molecule has 0 aliphatic rings. The van der Waals surface area contributed by atoms with E-state index < -0.39 is 0 Å². The summed E-state index contributed by atoms with van der Waals surface area (Å²) in [5.74, 6) is 0.425. The third kappa shape index (κ3) is 5.09. The Labute approximate surface area is 131 Å². The summed E-state index contributed by atoms with van der Waals surface area (Å²) in [5.41, 5.74) is 3.34. The molecule has 114 valence electrons. The van der Waals surface area contributed by atoms with Crippen LogP contribution in [0.15, 0.2) is 66.2 Å². The van der Waals surface area contributed by atoms with Crippen molar-refractivity contribution < 1.29 is 14.3 Å². The molecule has 22 heavy (non-hydrogen) atoms. The van der Waals surface area contributed by atoms with Crippen molar-refractivity contribution in [3.8, 4) is 5.75 Å². The van der Waals surface area contributed by atoms with Crippen LogP contribution in [0.5, 0.6) is 5.75 Å². The van der Waals surface area contributed by atoms with Crippen molar-refractivity contribution >= 4 is 5.97 Å². The van der Waals surface area contributed by atoms with E-state index in [1.807, 2.05) is 37.3 Å². The lowest BCUT2D eigenvalue weighted by molar-refractivity contribution is -0.134. The highest BCUT2D eigenvalue weighted by molar-refractivity contribution is 5.82. The zero-order valence-corrected chi connectivity index (χ0v) is 12.9. The highest BCUT2D eigenvalue weighted by Gasteiger charge is 2.00. The molecular formula is C19H20O3. The van der Waals surface area contributed by atoms with Crippen LogP contribution < -0.4 is 4.74 Å². The van der Waals surface area contributed by atoms with Gasteiger partial charge in [0.05, 0.1) is 7.11 Å². The number of hydrogen-bond acceptors (Lipinski definition) is 3. The van der Waals surface area contributed by atoms with E-state index in [1.54, 1.807) is 0 Å². The number of hydrogen-bond donors (Lipinski definition) is 0. The Kier molecular flexibility index (Phi) is 5.78. The van der Waals surface area contributed by atoms with Gasteiger partial charge in [-0.3, -0.25) is 0 Å². The maximum absolute atomic E-state index is 11.1. The summed E-state index contributed by atoms with van der Waals surface area (Å²) in [6.07, 6.45) is 2.34. The van der Waals surface area contributed by atoms with Gasteiger partial charge < -0.3 is 9.47 Å². The van der Waals surface area contributed by atoms with E-state index in [2.05, 4.69) is 29.0 Å². The van der Waals surface area contributed by atoms with Crippen LogP contribution in [0, 0.1) is 0 Å². The smallest absolute Gasteiger partial charge is 0.330 e. The average molecular weight is 296 g/mol. The van der Waals surface area contributed by atoms with E-state index in [9.17, 15) is 4.79 Å². The molecule has 0 aliphatic heterocycles. The first-order valence-electron chi connectivity index (χ1n) is 7.18. The topological polar surface area (TPSA) is 35.5 Å². The molecule has 0 aliphatic carbocycles. The van der Waals surface area contributed by atoms with Gasteiger partial charge in [-0.25, -0.2) is 4.79 Å². The predicted octanol–water partition coefficient (Wildman–Crippen LogP) is 3.78. The van der Waals surface area contributed by atoms with Crippen LogP contribution in [-0.2, 0) is 16.0 Å². The van der Waals surface area contributed by atoms with Crippen LogP contribution in [-0.4, -0.2) is 19.7 Å². The van der Waals surface area contributed by atoms with Crippen LogP contribution in [0.1, 0.15) is 18.1 Å². The van der Waals surface area contributed by atoms with Gasteiger partial charge in [0.25, 0.3) is 0 Å². The number of esters is 1. The van der Waals surface area contributed by atoms with Gasteiger partial charge in [0.15, 0.2) is 0 Å². The Balaban J connectivity index is 1.89. The molecule has 0 radical (unpaired) electrons. The fraction of sp³-hybridized carbons (Fsp3) is 0.211. The molecule has 0 unspecified atom stereocenters. The minimum absolute atomic E-state index is 0.362. The number of ether oxygens (including phenoxy) is 2. The van der Waals surface area contributed by atoms with Crippen LogP contribution in [0.3, 0.4) is 0 Å². The molecule has 0 amide bonds. The van der Waals surface area contributed by atoms with E-state index in [4.69, 9.17) is 4.74 Å². The second-order valence-electron chi connectivity index (χ2n) is 5.11. The molecule has 3 nitrogen and oxygen atoms in total. The summed E-state index contributed by atoms with van der Waals surface area (Å²) in [5, 5.41) is 0. The maximum Gasteiger partial charge on any atom is 0.330 e. The Morgan fingerprint density at radius 1 is 1.00 bits per heavy atom. The predicted molar refractivity (Wildman–Crippen MR) is 87.0 cm³/mol. The van der Waals surface area contributed by atoms with Crippen molar-refractivity contribution in [1.29, 1.82) is 0 Å². The SMILES string of the molecule is COC(=O)/C=C(\C)COc1ccc(Cc2ccccc2)cc1. The van der Waals surface area contributed by atoms with Gasteiger partial charge in [-0.15, -0.1) is 0 Å². The fourth-order valence-electron chi connectivity index (χ4n) is 2.03. The lowest BCUT2D eigenvalue weighted by Gasteiger charge is -2.08. The first-order valence-corrected chi connectivity index (χ1v) is 7.18. The quantitative estimate of drug-likeness (QED) is 0.601. The molecule has 0 N–H and O–H groups in total. The highest BCUT2D eigenvalue weighted by atomic mass is 16.5. The lowest BCUT2D eigenvalue weighted by Crippen LogP contribution is -2.03. The molecule has 0 saturated carbocycles. The largest absolute Gasteiger partial charge is 0.489 e. The van der Waals surface area contributed by atoms with Crippen molar-refractivity contribution in [2.24, 2.45) is 0 Å². The average Bonchev–Trinajstić information content (AvgIpc) is 2.55. The zero-order valence-electron chi connectivity index (χ0n) is 12.9. The van der Waals surface area contributed by atoms with Gasteiger partial charge in [-0.2, -0.15) is 0 Å². The Morgan fingerprint density at radius 3 is 2.27 bits per heavy atom. The highest BCUT2D eigenvalue weighted by Crippen LogP contribution is 2.16. The van der Waals surface area contributed by atoms with Gasteiger partial charge in [0, 0.05) is 6.08 Å². The molecule has 0 heterocycles. The van der Waals surface area contributed by atoms with Crippen molar-refractivity contribution in [1.82, 2.24) is 0 Å². The second kappa shape index (κ2) is 8.03. The molecule has 2 aromatic rings. The molecule has 0 saturated heterocycles. The van der Waals surface area contributed by atoms with Gasteiger partial charge in [-0.1, -0.05) is 42.5 Å². The van der Waals surface area contributed by atoms with Crippen LogP contribution >= 0.6 is 0 Å². The summed E-state index contributed by atoms with van der Waals surface area (Å²) < 4.78 is 10.2. The third-order valence-electron chi connectivity index (χ3n) is 3.21. The minimum Gasteiger partial charge on any atom is -0.489 e. The molecule has 0 fully saturated rings. The number of benzene rings is 2. The monoisotopic (exact) mass is 296 g/mol. The zero-order chi connectivity index (χ0) is 15.8. The van der Waals surface area contributed by atoms with Gasteiger partial charge in [-0.05, 0) is 42.2 Å². The summed E-state index contributed by atoms with van der Waals surface area (Å²) in [4.78, 5) is 11.1. The molecule has 0 bridgehead atoms. The molecule has 0 aromatic heterocycles. The Morgan fingerprint density at radius 2 is 1.64 bits per heavy atom. The first kappa shape index (κ1) is 15.8. The van der Waals surface area contributed by atoms with E-state index >= 15 is 0 Å². The molecule has 2 aromatic carbocycles. The minimum atomic E-state index is -0.362. The summed E-state index contributed by atoms with van der Waals surface area (Å²) in [6.45, 7) is 2.20.